The van der Waals surface area contributed by atoms with Crippen molar-refractivity contribution in [3.8, 4) is 0 Å². The second kappa shape index (κ2) is 44.0. The number of hydrogen-bond acceptors (Lipinski definition) is 20. The molecule has 1 aromatic rings. The van der Waals surface area contributed by atoms with Crippen LogP contribution < -0.4 is 104 Å². The Kier molecular flexibility index (Phi) is 38.7. The van der Waals surface area contributed by atoms with Gasteiger partial charge in [0.05, 0.1) is 31.9 Å². The zero-order valence-electron chi connectivity index (χ0n) is 56.6. The first-order valence-corrected chi connectivity index (χ1v) is 32.0. The minimum Gasteiger partial charge on any atom is -0.394 e. The van der Waals surface area contributed by atoms with Crippen molar-refractivity contribution in [2.45, 2.75) is 205 Å². The number of hydrogen-bond donors (Lipinski definition) is 20. The molecule has 0 aliphatic heterocycles. The van der Waals surface area contributed by atoms with Crippen molar-refractivity contribution in [1.29, 1.82) is 0 Å². The Morgan fingerprint density at radius 3 is 1.33 bits per heavy atom. The van der Waals surface area contributed by atoms with Gasteiger partial charge >= 0.3 is 0 Å². The maximum Gasteiger partial charge on any atom is 0.245 e. The largest absolute Gasteiger partial charge is 0.394 e. The summed E-state index contributed by atoms with van der Waals surface area (Å²) in [6, 6.07) is -9.46. The lowest BCUT2D eigenvalue weighted by Crippen LogP contribution is -2.62. The van der Waals surface area contributed by atoms with Crippen LogP contribution in [0.4, 0.5) is 0 Å². The maximum absolute atomic E-state index is 14.1. The molecular formula is C61H101N19O18. The summed E-state index contributed by atoms with van der Waals surface area (Å²) >= 11 is 0. The van der Waals surface area contributed by atoms with Crippen molar-refractivity contribution in [1.82, 2.24) is 63.8 Å². The van der Waals surface area contributed by atoms with Gasteiger partial charge in [0, 0.05) is 25.8 Å². The average molecular weight is 1390 g/mol. The third-order valence-corrected chi connectivity index (χ3v) is 15.2. The van der Waals surface area contributed by atoms with E-state index in [4.69, 9.17) is 40.1 Å². The number of primary amides is 5. The van der Waals surface area contributed by atoms with Crippen LogP contribution in [0.15, 0.2) is 30.3 Å². The predicted molar refractivity (Wildman–Crippen MR) is 351 cm³/mol. The topological polar surface area (TPSA) is 637 Å². The molecule has 37 heteroatoms. The van der Waals surface area contributed by atoms with Crippen molar-refractivity contribution < 1.29 is 86.6 Å². The van der Waals surface area contributed by atoms with Gasteiger partial charge in [-0.25, -0.2) is 0 Å². The molecule has 0 aromatic heterocycles. The molecule has 0 spiro atoms. The quantitative estimate of drug-likeness (QED) is 0.0270. The Labute approximate surface area is 567 Å². The molecule has 548 valence electrons. The summed E-state index contributed by atoms with van der Waals surface area (Å²) in [4.78, 5) is 222. The molecule has 13 atom stereocenters. The Morgan fingerprint density at radius 1 is 0.418 bits per heavy atom. The van der Waals surface area contributed by atoms with E-state index in [2.05, 4.69) is 63.8 Å². The minimum atomic E-state index is -1.99. The second-order valence-corrected chi connectivity index (χ2v) is 24.3. The van der Waals surface area contributed by atoms with Gasteiger partial charge in [0.15, 0.2) is 0 Å². The summed E-state index contributed by atoms with van der Waals surface area (Å²) in [6.07, 6.45) is -1.90. The molecule has 0 saturated heterocycles. The predicted octanol–water partition coefficient (Wildman–Crippen LogP) is -8.32. The van der Waals surface area contributed by atoms with Gasteiger partial charge < -0.3 is 109 Å². The van der Waals surface area contributed by atoms with Gasteiger partial charge in [0.2, 0.25) is 100 Å². The SMILES string of the molecule is CC[C@H](C)[C@H](NC(=O)[C@H](CC(N)=O)NC(=O)[C@H](CC(N)=O)NC(=O)[C@H](CO)NC(=O)[C@@H](NC(=O)[C@H](Cc1ccccc1)NC(=O)CCCNC(=O)[C@H](C)NC(=O)[C@H](C)NC(=O)[C@H](CCC(N)=O)NC(=O)[C@@H](N)CCCCN)C(C)C)C(=O)N[C@@H](CC(N)=O)C(=O)N[C@H](C(N)=O)C(C)C. The second-order valence-electron chi connectivity index (χ2n) is 24.3. The molecule has 0 bridgehead atoms. The number of aliphatic hydroxyl groups is 1. The lowest BCUT2D eigenvalue weighted by atomic mass is 9.96. The lowest BCUT2D eigenvalue weighted by molar-refractivity contribution is -0.138. The highest BCUT2D eigenvalue weighted by Crippen LogP contribution is 2.13. The summed E-state index contributed by atoms with van der Waals surface area (Å²) in [6.45, 7) is 11.1. The molecule has 1 aromatic carbocycles. The van der Waals surface area contributed by atoms with E-state index >= 15 is 0 Å². The van der Waals surface area contributed by atoms with Crippen LogP contribution in [0.1, 0.15) is 132 Å². The number of benzene rings is 1. The van der Waals surface area contributed by atoms with Gasteiger partial charge in [-0.15, -0.1) is 0 Å². The van der Waals surface area contributed by atoms with E-state index in [0.717, 1.165) is 0 Å². The number of amides is 17. The Balaban J connectivity index is 3.22. The summed E-state index contributed by atoms with van der Waals surface area (Å²) < 4.78 is 0. The summed E-state index contributed by atoms with van der Waals surface area (Å²) in [5.41, 5.74) is 38.9. The Morgan fingerprint density at radius 2 is 0.847 bits per heavy atom. The zero-order valence-corrected chi connectivity index (χ0v) is 56.6. The maximum atomic E-state index is 14.1. The van der Waals surface area contributed by atoms with Crippen LogP contribution in [0.3, 0.4) is 0 Å². The molecule has 0 saturated carbocycles. The molecule has 27 N–H and O–H groups in total. The van der Waals surface area contributed by atoms with Crippen LogP contribution in [-0.4, -0.2) is 198 Å². The molecule has 17 amide bonds. The van der Waals surface area contributed by atoms with E-state index in [9.17, 15) is 86.6 Å². The van der Waals surface area contributed by atoms with E-state index in [1.54, 1.807) is 51.1 Å². The van der Waals surface area contributed by atoms with E-state index in [0.29, 0.717) is 24.9 Å². The first-order valence-electron chi connectivity index (χ1n) is 32.0. The van der Waals surface area contributed by atoms with Crippen molar-refractivity contribution in [2.75, 3.05) is 19.7 Å². The number of aliphatic hydroxyl groups excluding tert-OH is 1. The lowest BCUT2D eigenvalue weighted by Gasteiger charge is -2.29. The number of nitrogens with two attached hydrogens (primary N) is 7. The molecule has 0 aliphatic rings. The fourth-order valence-electron chi connectivity index (χ4n) is 9.25. The molecule has 0 aliphatic carbocycles. The van der Waals surface area contributed by atoms with Crippen molar-refractivity contribution in [3.63, 3.8) is 0 Å². The van der Waals surface area contributed by atoms with Gasteiger partial charge in [-0.2, -0.15) is 0 Å². The molecule has 37 nitrogen and oxygen atoms in total. The number of carbonyl (C=O) groups is 17. The summed E-state index contributed by atoms with van der Waals surface area (Å²) in [5.74, 6) is -18.7. The van der Waals surface area contributed by atoms with E-state index in [-0.39, 0.29) is 51.5 Å². The fraction of sp³-hybridized carbons (Fsp3) is 0.623. The molecule has 0 fully saturated rings. The van der Waals surface area contributed by atoms with Crippen LogP contribution in [0.25, 0.3) is 0 Å². The van der Waals surface area contributed by atoms with E-state index in [1.165, 1.54) is 34.6 Å². The van der Waals surface area contributed by atoms with E-state index in [1.807, 2.05) is 0 Å². The third kappa shape index (κ3) is 32.2. The van der Waals surface area contributed by atoms with Crippen LogP contribution in [0.5, 0.6) is 0 Å². The molecular weight excluding hydrogens is 1290 g/mol. The monoisotopic (exact) mass is 1390 g/mol. The highest BCUT2D eigenvalue weighted by atomic mass is 16.3. The molecule has 0 radical (unpaired) electrons. The van der Waals surface area contributed by atoms with E-state index < -0.39 is 217 Å². The van der Waals surface area contributed by atoms with Gasteiger partial charge in [-0.1, -0.05) is 84.7 Å². The van der Waals surface area contributed by atoms with Gasteiger partial charge in [-0.3, -0.25) is 81.5 Å². The van der Waals surface area contributed by atoms with Crippen molar-refractivity contribution in [3.05, 3.63) is 35.9 Å². The zero-order chi connectivity index (χ0) is 74.7. The highest BCUT2D eigenvalue weighted by molar-refractivity contribution is 6.01. The number of nitrogens with one attached hydrogen (secondary N) is 12. The summed E-state index contributed by atoms with van der Waals surface area (Å²) in [5, 5.41) is 39.2. The Bertz CT molecular complexity index is 2960. The van der Waals surface area contributed by atoms with Crippen LogP contribution in [-0.2, 0) is 87.9 Å². The highest BCUT2D eigenvalue weighted by Gasteiger charge is 2.38. The van der Waals surface area contributed by atoms with Crippen molar-refractivity contribution in [2.24, 2.45) is 57.9 Å². The van der Waals surface area contributed by atoms with Crippen LogP contribution in [0, 0.1) is 17.8 Å². The Hall–Kier alpha value is -9.91. The minimum absolute atomic E-state index is 0.0132. The molecule has 0 unspecified atom stereocenters. The number of carbonyl (C=O) groups excluding carboxylic acids is 17. The standard InChI is InChI=1S/C61H101N19O18/c1-9-31(6)49(61(98)76-40(27-45(67)85)57(94)78-47(29(2)3)50(68)87)80-58(95)39(26-44(66)84)74-55(92)38(25-43(65)83)75-59(96)41(28-81)77-60(97)48(30(4)5)79-56(93)37(24-34-16-11-10-12-17-34)72-46(86)19-15-23-69-51(88)32(7)70-52(89)33(8)71-54(91)36(20-21-42(64)82)73-53(90)35(63)18-13-14-22-62/h10-12,16-17,29-33,35-41,47-49,81H,9,13-15,18-28,62-63H2,1-8H3,(H2,64,82)(H2,65,83)(H2,66,84)(H2,67,85)(H2,68,87)(H,69,88)(H,70,89)(H,71,91)(H,72,86)(H,73,90)(H,74,92)(H,75,96)(H,76,98)(H,77,97)(H,78,94)(H,79,93)(H,80,95)/t31-,32-,33-,35-,36-,37-,38-,39-,40-,41-,47-,48-,49-/m0/s1. The molecule has 98 heavy (non-hydrogen) atoms. The molecule has 0 heterocycles. The number of unbranched alkanes of at least 4 members (excludes halogenated alkanes) is 1. The number of rotatable bonds is 47. The fourth-order valence-corrected chi connectivity index (χ4v) is 9.25. The average Bonchev–Trinajstić information content (AvgIpc) is 0.862. The van der Waals surface area contributed by atoms with Gasteiger partial charge in [-0.05, 0) is 69.4 Å². The van der Waals surface area contributed by atoms with Crippen molar-refractivity contribution >= 4 is 100 Å². The normalized spacial score (nSPS) is 15.0. The van der Waals surface area contributed by atoms with Gasteiger partial charge in [0.1, 0.15) is 66.5 Å². The third-order valence-electron chi connectivity index (χ3n) is 15.2. The summed E-state index contributed by atoms with van der Waals surface area (Å²) in [7, 11) is 0. The van der Waals surface area contributed by atoms with Crippen LogP contribution in [0.2, 0.25) is 0 Å². The first-order chi connectivity index (χ1) is 45.9. The molecule has 1 rings (SSSR count). The van der Waals surface area contributed by atoms with Crippen LogP contribution >= 0.6 is 0 Å². The smallest absolute Gasteiger partial charge is 0.245 e. The van der Waals surface area contributed by atoms with Gasteiger partial charge in [0.25, 0.3) is 0 Å². The first kappa shape index (κ1) is 86.1.